The molecule has 4 nitrogen and oxygen atoms in total. The first-order chi connectivity index (χ1) is 6.47. The molecule has 0 heterocycles. The lowest BCUT2D eigenvalue weighted by molar-refractivity contribution is -0.128. The molecule has 2 unspecified atom stereocenters. The first-order valence-corrected chi connectivity index (χ1v) is 4.43. The summed E-state index contributed by atoms with van der Waals surface area (Å²) in [6.45, 7) is 3.69. The Balaban J connectivity index is 2.84. The number of amides is 3. The molecule has 4 heteroatoms. The molecule has 1 aliphatic rings. The molecule has 0 aliphatic heterocycles. The predicted molar refractivity (Wildman–Crippen MR) is 53.3 cm³/mol. The zero-order valence-corrected chi connectivity index (χ0v) is 8.28. The fourth-order valence-electron chi connectivity index (χ4n) is 1.37. The standard InChI is InChI=1S/C10H14N2O2/c1-7-5-3-4-6-10(7,2)8(13)12-9(11)14/h3-7H,1-2H3,(H3,11,12,13,14). The van der Waals surface area contributed by atoms with Crippen LogP contribution in [0, 0.1) is 11.3 Å². The van der Waals surface area contributed by atoms with Crippen molar-refractivity contribution in [3.63, 3.8) is 0 Å². The van der Waals surface area contributed by atoms with E-state index < -0.39 is 11.4 Å². The van der Waals surface area contributed by atoms with Crippen molar-refractivity contribution in [2.45, 2.75) is 13.8 Å². The van der Waals surface area contributed by atoms with Crippen molar-refractivity contribution in [1.29, 1.82) is 0 Å². The molecule has 3 amide bonds. The van der Waals surface area contributed by atoms with Gasteiger partial charge in [0.1, 0.15) is 0 Å². The number of rotatable bonds is 1. The van der Waals surface area contributed by atoms with Crippen molar-refractivity contribution in [2.24, 2.45) is 17.1 Å². The number of nitrogens with one attached hydrogen (secondary N) is 1. The van der Waals surface area contributed by atoms with Crippen LogP contribution in [0.1, 0.15) is 13.8 Å². The molecule has 0 spiro atoms. The van der Waals surface area contributed by atoms with Gasteiger partial charge in [0.2, 0.25) is 5.91 Å². The minimum Gasteiger partial charge on any atom is -0.351 e. The van der Waals surface area contributed by atoms with Gasteiger partial charge in [0, 0.05) is 0 Å². The van der Waals surface area contributed by atoms with Gasteiger partial charge in [-0.25, -0.2) is 4.79 Å². The van der Waals surface area contributed by atoms with Crippen molar-refractivity contribution in [3.8, 4) is 0 Å². The molecule has 0 fully saturated rings. The molecule has 1 rings (SSSR count). The number of carbonyl (C=O) groups is 2. The van der Waals surface area contributed by atoms with Gasteiger partial charge < -0.3 is 5.73 Å². The number of primary amides is 1. The molecule has 1 aliphatic carbocycles. The minimum atomic E-state index is -0.814. The van der Waals surface area contributed by atoms with E-state index in [-0.39, 0.29) is 11.8 Å². The highest BCUT2D eigenvalue weighted by molar-refractivity contribution is 5.97. The third kappa shape index (κ3) is 1.84. The number of allylic oxidation sites excluding steroid dienone is 3. The van der Waals surface area contributed by atoms with Crippen molar-refractivity contribution in [2.75, 3.05) is 0 Å². The van der Waals surface area contributed by atoms with E-state index in [0.29, 0.717) is 0 Å². The van der Waals surface area contributed by atoms with E-state index in [1.165, 1.54) is 0 Å². The Morgan fingerprint density at radius 1 is 1.43 bits per heavy atom. The van der Waals surface area contributed by atoms with Gasteiger partial charge in [0.05, 0.1) is 5.41 Å². The molecule has 2 atom stereocenters. The Bertz CT molecular complexity index is 320. The number of nitrogens with two attached hydrogens (primary N) is 1. The van der Waals surface area contributed by atoms with Gasteiger partial charge in [-0.1, -0.05) is 31.2 Å². The zero-order valence-electron chi connectivity index (χ0n) is 8.28. The van der Waals surface area contributed by atoms with E-state index in [2.05, 4.69) is 5.32 Å². The molecule has 0 aromatic heterocycles. The van der Waals surface area contributed by atoms with Crippen LogP contribution in [0.2, 0.25) is 0 Å². The molecule has 0 aromatic carbocycles. The van der Waals surface area contributed by atoms with Crippen molar-refractivity contribution in [3.05, 3.63) is 24.3 Å². The molecule has 3 N–H and O–H groups in total. The number of hydrogen-bond donors (Lipinski definition) is 2. The maximum absolute atomic E-state index is 11.6. The second kappa shape index (κ2) is 3.65. The van der Waals surface area contributed by atoms with Crippen molar-refractivity contribution in [1.82, 2.24) is 5.32 Å². The summed E-state index contributed by atoms with van der Waals surface area (Å²) in [5, 5.41) is 2.10. The van der Waals surface area contributed by atoms with Gasteiger partial charge in [0.25, 0.3) is 0 Å². The second-order valence-corrected chi connectivity index (χ2v) is 3.63. The summed E-state index contributed by atoms with van der Waals surface area (Å²) >= 11 is 0. The molecular formula is C10H14N2O2. The molecule has 0 saturated carbocycles. The first-order valence-electron chi connectivity index (χ1n) is 4.43. The zero-order chi connectivity index (χ0) is 10.8. The van der Waals surface area contributed by atoms with Gasteiger partial charge in [-0.3, -0.25) is 10.1 Å². The average Bonchev–Trinajstić information content (AvgIpc) is 2.09. The van der Waals surface area contributed by atoms with Gasteiger partial charge in [-0.2, -0.15) is 0 Å². The fraction of sp³-hybridized carbons (Fsp3) is 0.400. The fourth-order valence-corrected chi connectivity index (χ4v) is 1.37. The van der Waals surface area contributed by atoms with Gasteiger partial charge >= 0.3 is 6.03 Å². The minimum absolute atomic E-state index is 0.0480. The number of urea groups is 1. The summed E-state index contributed by atoms with van der Waals surface area (Å²) in [5.74, 6) is -0.315. The topological polar surface area (TPSA) is 72.2 Å². The van der Waals surface area contributed by atoms with E-state index in [1.807, 2.05) is 19.1 Å². The van der Waals surface area contributed by atoms with E-state index >= 15 is 0 Å². The Morgan fingerprint density at radius 2 is 2.07 bits per heavy atom. The summed E-state index contributed by atoms with van der Waals surface area (Å²) in [6.07, 6.45) is 7.36. The average molecular weight is 194 g/mol. The summed E-state index contributed by atoms with van der Waals surface area (Å²) in [7, 11) is 0. The molecule has 0 radical (unpaired) electrons. The molecular weight excluding hydrogens is 180 g/mol. The van der Waals surface area contributed by atoms with E-state index in [1.54, 1.807) is 19.1 Å². The van der Waals surface area contributed by atoms with Crippen molar-refractivity contribution >= 4 is 11.9 Å². The maximum Gasteiger partial charge on any atom is 0.318 e. The van der Waals surface area contributed by atoms with E-state index in [4.69, 9.17) is 5.73 Å². The third-order valence-corrected chi connectivity index (χ3v) is 2.63. The predicted octanol–water partition coefficient (Wildman–Crippen LogP) is 0.950. The molecule has 0 aromatic rings. The van der Waals surface area contributed by atoms with Crippen LogP contribution >= 0.6 is 0 Å². The van der Waals surface area contributed by atoms with Gasteiger partial charge in [-0.15, -0.1) is 0 Å². The largest absolute Gasteiger partial charge is 0.351 e. The normalized spacial score (nSPS) is 30.0. The number of hydrogen-bond acceptors (Lipinski definition) is 2. The lowest BCUT2D eigenvalue weighted by Gasteiger charge is -2.30. The Hall–Kier alpha value is -1.58. The van der Waals surface area contributed by atoms with E-state index in [0.717, 1.165) is 0 Å². The van der Waals surface area contributed by atoms with E-state index in [9.17, 15) is 9.59 Å². The highest BCUT2D eigenvalue weighted by Gasteiger charge is 2.36. The molecule has 0 bridgehead atoms. The van der Waals surface area contributed by atoms with Crippen LogP contribution in [-0.4, -0.2) is 11.9 Å². The van der Waals surface area contributed by atoms with Crippen LogP contribution in [0.4, 0.5) is 4.79 Å². The van der Waals surface area contributed by atoms with Crippen LogP contribution in [0.3, 0.4) is 0 Å². The van der Waals surface area contributed by atoms with Crippen LogP contribution in [-0.2, 0) is 4.79 Å². The summed E-state index contributed by atoms with van der Waals surface area (Å²) < 4.78 is 0. The lowest BCUT2D eigenvalue weighted by atomic mass is 9.74. The van der Waals surface area contributed by atoms with Crippen LogP contribution < -0.4 is 11.1 Å². The van der Waals surface area contributed by atoms with Crippen molar-refractivity contribution < 1.29 is 9.59 Å². The summed E-state index contributed by atoms with van der Waals surface area (Å²) in [4.78, 5) is 22.2. The lowest BCUT2D eigenvalue weighted by Crippen LogP contribution is -2.46. The smallest absolute Gasteiger partial charge is 0.318 e. The van der Waals surface area contributed by atoms with Crippen LogP contribution in [0.15, 0.2) is 24.3 Å². The SMILES string of the molecule is CC1C=CC=CC1(C)C(=O)NC(N)=O. The third-order valence-electron chi connectivity index (χ3n) is 2.63. The Kier molecular flexibility index (Phi) is 2.74. The maximum atomic E-state index is 11.6. The molecule has 0 saturated heterocycles. The first kappa shape index (κ1) is 10.5. The Labute approximate surface area is 82.9 Å². The second-order valence-electron chi connectivity index (χ2n) is 3.63. The van der Waals surface area contributed by atoms with Crippen LogP contribution in [0.5, 0.6) is 0 Å². The number of imide groups is 1. The van der Waals surface area contributed by atoms with Crippen LogP contribution in [0.25, 0.3) is 0 Å². The van der Waals surface area contributed by atoms with Gasteiger partial charge in [0.15, 0.2) is 0 Å². The van der Waals surface area contributed by atoms with Gasteiger partial charge in [-0.05, 0) is 12.8 Å². The monoisotopic (exact) mass is 194 g/mol. The quantitative estimate of drug-likeness (QED) is 0.652. The summed E-state index contributed by atoms with van der Waals surface area (Å²) in [6, 6.07) is -0.814. The number of carbonyl (C=O) groups excluding carboxylic acids is 2. The molecule has 14 heavy (non-hydrogen) atoms. The Morgan fingerprint density at radius 3 is 2.57 bits per heavy atom. The molecule has 76 valence electrons. The highest BCUT2D eigenvalue weighted by atomic mass is 16.2. The highest BCUT2D eigenvalue weighted by Crippen LogP contribution is 2.32. The summed E-state index contributed by atoms with van der Waals surface area (Å²) in [5.41, 5.74) is 4.20.